The maximum absolute atomic E-state index is 11.0. The van der Waals surface area contributed by atoms with Gasteiger partial charge in [0.05, 0.1) is 32.0 Å². The Bertz CT molecular complexity index is 939. The summed E-state index contributed by atoms with van der Waals surface area (Å²) in [7, 11) is 0. The number of allylic oxidation sites excluding steroid dienone is 2. The maximum atomic E-state index is 11.0. The van der Waals surface area contributed by atoms with Gasteiger partial charge in [-0.3, -0.25) is 9.69 Å². The van der Waals surface area contributed by atoms with Crippen molar-refractivity contribution in [3.05, 3.63) is 72.3 Å². The van der Waals surface area contributed by atoms with Crippen molar-refractivity contribution in [3.8, 4) is 11.1 Å². The van der Waals surface area contributed by atoms with Crippen LogP contribution in [0.5, 0.6) is 0 Å². The van der Waals surface area contributed by atoms with Crippen molar-refractivity contribution in [2.75, 3.05) is 26.3 Å². The number of aliphatic carboxylic acids is 1. The molecule has 2 fully saturated rings. The lowest BCUT2D eigenvalue weighted by Crippen LogP contribution is -2.50. The number of carboxylic acid groups (broad SMARTS) is 1. The maximum Gasteiger partial charge on any atom is 0.303 e. The summed E-state index contributed by atoms with van der Waals surface area (Å²) in [6.07, 6.45) is 6.69. The molecule has 0 bridgehead atoms. The van der Waals surface area contributed by atoms with Crippen LogP contribution >= 0.6 is 0 Å². The van der Waals surface area contributed by atoms with E-state index in [2.05, 4.69) is 47.4 Å². The molecule has 1 saturated carbocycles. The zero-order valence-electron chi connectivity index (χ0n) is 20.3. The molecule has 0 aromatic heterocycles. The molecule has 2 N–H and O–H groups in total. The lowest BCUT2D eigenvalue weighted by atomic mass is 9.93. The molecule has 1 heterocycles. The number of carbonyl (C=O) groups is 1. The number of aliphatic hydroxyl groups is 1. The summed E-state index contributed by atoms with van der Waals surface area (Å²) in [6.45, 7) is 3.59. The molecule has 0 unspecified atom stereocenters. The van der Waals surface area contributed by atoms with Crippen molar-refractivity contribution in [1.29, 1.82) is 0 Å². The molecule has 2 aromatic rings. The summed E-state index contributed by atoms with van der Waals surface area (Å²) < 4.78 is 12.0. The minimum absolute atomic E-state index is 0.0148. The summed E-state index contributed by atoms with van der Waals surface area (Å²) in [4.78, 5) is 13.1. The average Bonchev–Trinajstić information content (AvgIpc) is 3.20. The van der Waals surface area contributed by atoms with Gasteiger partial charge in [-0.15, -0.1) is 0 Å². The van der Waals surface area contributed by atoms with E-state index in [1.54, 1.807) is 0 Å². The van der Waals surface area contributed by atoms with Crippen molar-refractivity contribution in [2.24, 2.45) is 5.92 Å². The molecule has 4 atom stereocenters. The van der Waals surface area contributed by atoms with Gasteiger partial charge in [0.25, 0.3) is 0 Å². The number of hydrogen-bond donors (Lipinski definition) is 2. The van der Waals surface area contributed by atoms with Crippen LogP contribution in [0.1, 0.15) is 37.7 Å². The molecule has 1 aliphatic heterocycles. The van der Waals surface area contributed by atoms with Gasteiger partial charge >= 0.3 is 5.97 Å². The Labute approximate surface area is 208 Å². The molecule has 0 amide bonds. The minimum atomic E-state index is -0.772. The van der Waals surface area contributed by atoms with Gasteiger partial charge < -0.3 is 19.7 Å². The molecule has 1 aliphatic carbocycles. The van der Waals surface area contributed by atoms with Crippen LogP contribution in [-0.4, -0.2) is 65.6 Å². The number of hydrogen-bond acceptors (Lipinski definition) is 5. The Morgan fingerprint density at radius 3 is 2.40 bits per heavy atom. The van der Waals surface area contributed by atoms with Crippen molar-refractivity contribution in [2.45, 2.75) is 57.0 Å². The highest BCUT2D eigenvalue weighted by Gasteiger charge is 2.45. The van der Waals surface area contributed by atoms with E-state index in [9.17, 15) is 9.90 Å². The molecule has 2 aromatic carbocycles. The van der Waals surface area contributed by atoms with E-state index >= 15 is 0 Å². The second-order valence-electron chi connectivity index (χ2n) is 9.50. The Hall–Kier alpha value is -2.51. The number of morpholine rings is 1. The fourth-order valence-electron chi connectivity index (χ4n) is 5.35. The summed E-state index contributed by atoms with van der Waals surface area (Å²) in [6, 6.07) is 18.9. The van der Waals surface area contributed by atoms with E-state index in [-0.39, 0.29) is 24.5 Å². The molecule has 35 heavy (non-hydrogen) atoms. The van der Waals surface area contributed by atoms with Gasteiger partial charge in [0.2, 0.25) is 0 Å². The zero-order chi connectivity index (χ0) is 24.5. The third-order valence-corrected chi connectivity index (χ3v) is 7.13. The number of nitrogens with zero attached hydrogens (tertiary/aromatic N) is 1. The fraction of sp³-hybridized carbons (Fsp3) is 0.483. The minimum Gasteiger partial charge on any atom is -0.481 e. The largest absolute Gasteiger partial charge is 0.481 e. The van der Waals surface area contributed by atoms with Crippen LogP contribution in [0.15, 0.2) is 66.7 Å². The van der Waals surface area contributed by atoms with E-state index < -0.39 is 12.1 Å². The van der Waals surface area contributed by atoms with Crippen molar-refractivity contribution in [1.82, 2.24) is 4.90 Å². The molecule has 0 spiro atoms. The average molecular weight is 480 g/mol. The zero-order valence-corrected chi connectivity index (χ0v) is 20.3. The van der Waals surface area contributed by atoms with Gasteiger partial charge in [-0.2, -0.15) is 0 Å². The van der Waals surface area contributed by atoms with Crippen LogP contribution < -0.4 is 0 Å². The van der Waals surface area contributed by atoms with Crippen molar-refractivity contribution < 1.29 is 24.5 Å². The number of benzene rings is 2. The number of rotatable bonds is 11. The Kier molecular flexibility index (Phi) is 9.49. The van der Waals surface area contributed by atoms with E-state index in [0.717, 1.165) is 31.5 Å². The second kappa shape index (κ2) is 13.0. The van der Waals surface area contributed by atoms with E-state index in [1.807, 2.05) is 24.3 Å². The predicted octanol–water partition coefficient (Wildman–Crippen LogP) is 4.52. The second-order valence-corrected chi connectivity index (χ2v) is 9.50. The highest BCUT2D eigenvalue weighted by molar-refractivity contribution is 5.66. The molecule has 6 nitrogen and oxygen atoms in total. The van der Waals surface area contributed by atoms with Crippen LogP contribution in [-0.2, 0) is 20.9 Å². The molecule has 6 heteroatoms. The van der Waals surface area contributed by atoms with Crippen LogP contribution in [0.2, 0.25) is 0 Å². The predicted molar refractivity (Wildman–Crippen MR) is 136 cm³/mol. The first kappa shape index (κ1) is 25.6. The molecule has 0 radical (unpaired) electrons. The van der Waals surface area contributed by atoms with Gasteiger partial charge in [0, 0.05) is 37.9 Å². The summed E-state index contributed by atoms with van der Waals surface area (Å²) >= 11 is 0. The summed E-state index contributed by atoms with van der Waals surface area (Å²) in [5.74, 6) is -0.554. The van der Waals surface area contributed by atoms with Crippen LogP contribution in [0.4, 0.5) is 0 Å². The van der Waals surface area contributed by atoms with Gasteiger partial charge in [-0.25, -0.2) is 0 Å². The monoisotopic (exact) mass is 479 g/mol. The first-order chi connectivity index (χ1) is 17.1. The lowest BCUT2D eigenvalue weighted by Gasteiger charge is -2.38. The fourth-order valence-corrected chi connectivity index (χ4v) is 5.35. The lowest BCUT2D eigenvalue weighted by molar-refractivity contribution is -0.136. The highest BCUT2D eigenvalue weighted by Crippen LogP contribution is 2.37. The standard InChI is InChI=1S/C29H37NO5/c31-26-20-27(35-21-22-12-14-24(15-13-22)23-8-4-3-5-9-23)25(10-6-1-2-7-11-28(32)33)29(26)30-16-18-34-19-17-30/h1-5,8-9,12-15,25-27,29,31H,6-7,10-11,16-21H2,(H,32,33)/b2-1-/t25-,26-,27-,29+/m0/s1. The van der Waals surface area contributed by atoms with Gasteiger partial charge in [-0.1, -0.05) is 66.7 Å². The van der Waals surface area contributed by atoms with Crippen molar-refractivity contribution >= 4 is 5.97 Å². The summed E-state index contributed by atoms with van der Waals surface area (Å²) in [5, 5.41) is 19.8. The first-order valence-electron chi connectivity index (χ1n) is 12.7. The van der Waals surface area contributed by atoms with Gasteiger partial charge in [0.1, 0.15) is 0 Å². The Balaban J connectivity index is 1.37. The van der Waals surface area contributed by atoms with Crippen molar-refractivity contribution in [3.63, 3.8) is 0 Å². The quantitative estimate of drug-likeness (QED) is 0.462. The van der Waals surface area contributed by atoms with Crippen LogP contribution in [0.3, 0.4) is 0 Å². The molecule has 1 saturated heterocycles. The molecular weight excluding hydrogens is 442 g/mol. The third kappa shape index (κ3) is 7.24. The van der Waals surface area contributed by atoms with E-state index in [0.29, 0.717) is 32.7 Å². The van der Waals surface area contributed by atoms with Gasteiger partial charge in [-0.05, 0) is 36.0 Å². The van der Waals surface area contributed by atoms with Crippen LogP contribution in [0, 0.1) is 5.92 Å². The SMILES string of the molecule is O=C(O)CC/C=C\CC[C@@H]1[C@@H](N2CCOCC2)[C@@H](O)C[C@@H]1OCc1ccc(-c2ccccc2)cc1. The normalized spacial score (nSPS) is 25.3. The molecular formula is C29H37NO5. The first-order valence-corrected chi connectivity index (χ1v) is 12.7. The topological polar surface area (TPSA) is 79.2 Å². The summed E-state index contributed by atoms with van der Waals surface area (Å²) in [5.41, 5.74) is 3.51. The van der Waals surface area contributed by atoms with Gasteiger partial charge in [0.15, 0.2) is 0 Å². The smallest absolute Gasteiger partial charge is 0.303 e. The van der Waals surface area contributed by atoms with E-state index in [4.69, 9.17) is 14.6 Å². The number of aliphatic hydroxyl groups excluding tert-OH is 1. The van der Waals surface area contributed by atoms with Crippen LogP contribution in [0.25, 0.3) is 11.1 Å². The third-order valence-electron chi connectivity index (χ3n) is 7.13. The van der Waals surface area contributed by atoms with E-state index in [1.165, 1.54) is 11.1 Å². The Morgan fingerprint density at radius 2 is 1.69 bits per heavy atom. The highest BCUT2D eigenvalue weighted by atomic mass is 16.5. The molecule has 188 valence electrons. The number of ether oxygens (including phenoxy) is 2. The molecule has 4 rings (SSSR count). The Morgan fingerprint density at radius 1 is 1.00 bits per heavy atom. The molecule has 2 aliphatic rings. The number of carboxylic acids is 1.